The number of hydrogen-bond acceptors (Lipinski definition) is 3. The number of aliphatic hydroxyl groups is 1. The Kier molecular flexibility index (Phi) is 6.97. The normalized spacial score (nSPS) is 27.2. The van der Waals surface area contributed by atoms with Crippen LogP contribution in [0.15, 0.2) is 0 Å². The number of rotatable bonds is 7. The van der Waals surface area contributed by atoms with Crippen molar-refractivity contribution in [3.8, 4) is 0 Å². The van der Waals surface area contributed by atoms with Crippen LogP contribution in [0, 0.1) is 11.8 Å². The summed E-state index contributed by atoms with van der Waals surface area (Å²) in [4.78, 5) is 14.1. The van der Waals surface area contributed by atoms with Gasteiger partial charge in [0.05, 0.1) is 0 Å². The van der Waals surface area contributed by atoms with Gasteiger partial charge >= 0.3 is 0 Å². The van der Waals surface area contributed by atoms with E-state index in [4.69, 9.17) is 5.11 Å². The number of carbonyl (C=O) groups excluding carboxylic acids is 1. The van der Waals surface area contributed by atoms with Crippen molar-refractivity contribution < 1.29 is 9.90 Å². The van der Waals surface area contributed by atoms with Crippen molar-refractivity contribution >= 4 is 5.91 Å². The highest BCUT2D eigenvalue weighted by Crippen LogP contribution is 2.26. The maximum absolute atomic E-state index is 12.0. The number of hydrogen-bond donors (Lipinski definition) is 2. The summed E-state index contributed by atoms with van der Waals surface area (Å²) < 4.78 is 0. The number of nitrogens with one attached hydrogen (secondary N) is 1. The second-order valence-electron chi connectivity index (χ2n) is 6.88. The minimum absolute atomic E-state index is 0.262. The van der Waals surface area contributed by atoms with Gasteiger partial charge in [0, 0.05) is 32.2 Å². The van der Waals surface area contributed by atoms with Gasteiger partial charge in [0.2, 0.25) is 5.91 Å². The highest BCUT2D eigenvalue weighted by molar-refractivity contribution is 5.76. The number of piperidine rings is 1. The van der Waals surface area contributed by atoms with Crippen LogP contribution >= 0.6 is 0 Å². The van der Waals surface area contributed by atoms with E-state index in [-0.39, 0.29) is 12.5 Å². The van der Waals surface area contributed by atoms with Crippen LogP contribution in [0.3, 0.4) is 0 Å². The fourth-order valence-corrected chi connectivity index (χ4v) is 3.92. The molecule has 0 aromatic carbocycles. The third kappa shape index (κ3) is 5.26. The first-order valence-corrected chi connectivity index (χ1v) is 8.85. The molecule has 0 spiro atoms. The van der Waals surface area contributed by atoms with E-state index in [1.54, 1.807) is 0 Å². The van der Waals surface area contributed by atoms with E-state index in [0.29, 0.717) is 18.4 Å². The molecule has 1 aliphatic heterocycles. The van der Waals surface area contributed by atoms with Crippen LogP contribution in [0.2, 0.25) is 0 Å². The van der Waals surface area contributed by atoms with E-state index >= 15 is 0 Å². The zero-order valence-corrected chi connectivity index (χ0v) is 13.5. The van der Waals surface area contributed by atoms with Crippen molar-refractivity contribution in [1.82, 2.24) is 10.2 Å². The van der Waals surface area contributed by atoms with Gasteiger partial charge in [0.1, 0.15) is 0 Å². The molecule has 4 heteroatoms. The van der Waals surface area contributed by atoms with Crippen LogP contribution in [0.5, 0.6) is 0 Å². The molecule has 122 valence electrons. The first-order chi connectivity index (χ1) is 10.2. The Hall–Kier alpha value is -0.610. The fraction of sp³-hybridized carbons (Fsp3) is 0.941. The largest absolute Gasteiger partial charge is 0.396 e. The van der Waals surface area contributed by atoms with E-state index in [2.05, 4.69) is 5.32 Å². The van der Waals surface area contributed by atoms with Crippen LogP contribution in [-0.4, -0.2) is 48.2 Å². The van der Waals surface area contributed by atoms with Gasteiger partial charge in [-0.1, -0.05) is 19.8 Å². The zero-order valence-electron chi connectivity index (χ0n) is 13.5. The highest BCUT2D eigenvalue weighted by atomic mass is 16.2. The molecule has 2 atom stereocenters. The lowest BCUT2D eigenvalue weighted by Crippen LogP contribution is -2.51. The van der Waals surface area contributed by atoms with E-state index in [1.807, 2.05) is 11.8 Å². The van der Waals surface area contributed by atoms with Gasteiger partial charge in [-0.05, 0) is 50.5 Å². The maximum Gasteiger partial charge on any atom is 0.222 e. The van der Waals surface area contributed by atoms with Gasteiger partial charge < -0.3 is 15.3 Å². The Balaban J connectivity index is 1.83. The lowest BCUT2D eigenvalue weighted by atomic mass is 9.90. The van der Waals surface area contributed by atoms with Crippen LogP contribution in [-0.2, 0) is 4.79 Å². The first kappa shape index (κ1) is 16.8. The molecule has 2 rings (SSSR count). The van der Waals surface area contributed by atoms with Gasteiger partial charge in [0.15, 0.2) is 0 Å². The molecule has 2 N–H and O–H groups in total. The van der Waals surface area contributed by atoms with Gasteiger partial charge in [-0.25, -0.2) is 0 Å². The zero-order chi connectivity index (χ0) is 15.1. The highest BCUT2D eigenvalue weighted by Gasteiger charge is 2.29. The van der Waals surface area contributed by atoms with Crippen LogP contribution in [0.25, 0.3) is 0 Å². The number of nitrogens with zero attached hydrogens (tertiary/aromatic N) is 1. The van der Waals surface area contributed by atoms with Crippen molar-refractivity contribution in [2.24, 2.45) is 11.8 Å². The molecular formula is C17H32N2O2. The first-order valence-electron chi connectivity index (χ1n) is 8.85. The molecule has 1 amide bonds. The van der Waals surface area contributed by atoms with Crippen LogP contribution < -0.4 is 5.32 Å². The molecule has 0 radical (unpaired) electrons. The van der Waals surface area contributed by atoms with Crippen molar-refractivity contribution in [2.75, 3.05) is 26.2 Å². The standard InChI is InChI=1S/C17H32N2O2/c1-2-17(21)19-12-15(8-5-9-20)10-16(13-19)18-11-14-6-3-4-7-14/h14-16,18,20H,2-13H2,1H3. The fourth-order valence-electron chi connectivity index (χ4n) is 3.92. The summed E-state index contributed by atoms with van der Waals surface area (Å²) in [6.07, 6.45) is 9.14. The lowest BCUT2D eigenvalue weighted by molar-refractivity contribution is -0.133. The van der Waals surface area contributed by atoms with E-state index in [0.717, 1.165) is 44.8 Å². The molecule has 0 aromatic heterocycles. The molecule has 1 heterocycles. The van der Waals surface area contributed by atoms with Gasteiger partial charge in [-0.3, -0.25) is 4.79 Å². The number of likely N-dealkylation sites (tertiary alicyclic amines) is 1. The van der Waals surface area contributed by atoms with Crippen molar-refractivity contribution in [3.05, 3.63) is 0 Å². The Bertz CT molecular complexity index is 316. The quantitative estimate of drug-likeness (QED) is 0.757. The second-order valence-corrected chi connectivity index (χ2v) is 6.88. The molecule has 2 fully saturated rings. The Morgan fingerprint density at radius 1 is 1.24 bits per heavy atom. The monoisotopic (exact) mass is 296 g/mol. The Morgan fingerprint density at radius 3 is 2.67 bits per heavy atom. The predicted molar refractivity (Wildman–Crippen MR) is 85.0 cm³/mol. The summed E-state index contributed by atoms with van der Waals surface area (Å²) >= 11 is 0. The topological polar surface area (TPSA) is 52.6 Å². The van der Waals surface area contributed by atoms with Crippen molar-refractivity contribution in [3.63, 3.8) is 0 Å². The second kappa shape index (κ2) is 8.74. The minimum Gasteiger partial charge on any atom is -0.396 e. The summed E-state index contributed by atoms with van der Waals surface area (Å²) in [6, 6.07) is 0.443. The summed E-state index contributed by atoms with van der Waals surface area (Å²) in [7, 11) is 0. The molecule has 2 aliphatic rings. The maximum atomic E-state index is 12.0. The van der Waals surface area contributed by atoms with E-state index in [9.17, 15) is 4.79 Å². The number of carbonyl (C=O) groups is 1. The molecule has 2 unspecified atom stereocenters. The Morgan fingerprint density at radius 2 is 2.00 bits per heavy atom. The summed E-state index contributed by atoms with van der Waals surface area (Å²) in [6.45, 7) is 5.08. The minimum atomic E-state index is 0.262. The van der Waals surface area contributed by atoms with Crippen LogP contribution in [0.4, 0.5) is 0 Å². The molecule has 4 nitrogen and oxygen atoms in total. The third-order valence-corrected chi connectivity index (χ3v) is 5.13. The number of amides is 1. The third-order valence-electron chi connectivity index (χ3n) is 5.13. The average molecular weight is 296 g/mol. The lowest BCUT2D eigenvalue weighted by Gasteiger charge is -2.38. The van der Waals surface area contributed by atoms with Crippen LogP contribution in [0.1, 0.15) is 58.3 Å². The predicted octanol–water partition coefficient (Wildman–Crippen LogP) is 2.17. The SMILES string of the molecule is CCC(=O)N1CC(CCCO)CC(NCC2CCCC2)C1. The summed E-state index contributed by atoms with van der Waals surface area (Å²) in [5.41, 5.74) is 0. The molecular weight excluding hydrogens is 264 g/mol. The summed E-state index contributed by atoms with van der Waals surface area (Å²) in [5, 5.41) is 12.8. The van der Waals surface area contributed by atoms with Crippen molar-refractivity contribution in [1.29, 1.82) is 0 Å². The number of aliphatic hydroxyl groups excluding tert-OH is 1. The van der Waals surface area contributed by atoms with Gasteiger partial charge in [0.25, 0.3) is 0 Å². The average Bonchev–Trinajstić information content (AvgIpc) is 3.03. The van der Waals surface area contributed by atoms with E-state index < -0.39 is 0 Å². The Labute approximate surface area is 129 Å². The van der Waals surface area contributed by atoms with E-state index in [1.165, 1.54) is 25.7 Å². The molecule has 1 saturated carbocycles. The summed E-state index contributed by atoms with van der Waals surface area (Å²) in [5.74, 6) is 1.66. The molecule has 0 aromatic rings. The smallest absolute Gasteiger partial charge is 0.222 e. The van der Waals surface area contributed by atoms with Crippen molar-refractivity contribution in [2.45, 2.75) is 64.3 Å². The van der Waals surface area contributed by atoms with Gasteiger partial charge in [-0.2, -0.15) is 0 Å². The molecule has 21 heavy (non-hydrogen) atoms. The molecule has 1 aliphatic carbocycles. The molecule has 1 saturated heterocycles. The van der Waals surface area contributed by atoms with Gasteiger partial charge in [-0.15, -0.1) is 0 Å². The molecule has 0 bridgehead atoms.